The zero-order valence-electron chi connectivity index (χ0n) is 15.6. The first-order chi connectivity index (χ1) is 13.3. The van der Waals surface area contributed by atoms with Gasteiger partial charge in [-0.25, -0.2) is 9.37 Å². The van der Waals surface area contributed by atoms with Gasteiger partial charge in [0, 0.05) is 16.7 Å². The number of nitrogens with one attached hydrogen (secondary N) is 2. The number of ether oxygens (including phenoxy) is 1. The fourth-order valence-electron chi connectivity index (χ4n) is 2.99. The summed E-state index contributed by atoms with van der Waals surface area (Å²) in [4.78, 5) is 31.1. The number of pyridine rings is 1. The van der Waals surface area contributed by atoms with Crippen LogP contribution >= 0.6 is 15.9 Å². The maximum Gasteiger partial charge on any atom is 0.260 e. The molecule has 1 aromatic heterocycles. The zero-order chi connectivity index (χ0) is 20.4. The van der Waals surface area contributed by atoms with Gasteiger partial charge in [0.25, 0.3) is 5.91 Å². The van der Waals surface area contributed by atoms with Gasteiger partial charge < -0.3 is 20.3 Å². The summed E-state index contributed by atoms with van der Waals surface area (Å²) in [6, 6.07) is 5.88. The lowest BCUT2D eigenvalue weighted by Crippen LogP contribution is -2.49. The molecule has 1 unspecified atom stereocenters. The average molecular weight is 451 g/mol. The molecular formula is C19H20BrFN4O3. The van der Waals surface area contributed by atoms with E-state index in [4.69, 9.17) is 4.74 Å². The molecule has 1 aromatic carbocycles. The van der Waals surface area contributed by atoms with E-state index in [1.54, 1.807) is 18.3 Å². The van der Waals surface area contributed by atoms with E-state index in [1.165, 1.54) is 24.1 Å². The van der Waals surface area contributed by atoms with Crippen LogP contribution in [-0.2, 0) is 4.79 Å². The Bertz CT molecular complexity index is 922. The van der Waals surface area contributed by atoms with Crippen LogP contribution in [-0.4, -0.2) is 41.4 Å². The van der Waals surface area contributed by atoms with Gasteiger partial charge in [0.05, 0.1) is 12.7 Å². The second-order valence-corrected chi connectivity index (χ2v) is 7.56. The molecule has 0 saturated heterocycles. The number of aromatic nitrogens is 1. The number of halogens is 2. The highest BCUT2D eigenvalue weighted by molar-refractivity contribution is 9.10. The molecule has 1 aliphatic rings. The minimum atomic E-state index is -0.707. The van der Waals surface area contributed by atoms with Crippen molar-refractivity contribution in [3.05, 3.63) is 51.9 Å². The number of rotatable bonds is 5. The third-order valence-electron chi connectivity index (χ3n) is 4.19. The summed E-state index contributed by atoms with van der Waals surface area (Å²) in [6.45, 7) is 3.51. The number of amides is 2. The second kappa shape index (κ2) is 8.14. The number of hydrogen-bond donors (Lipinski definition) is 2. The van der Waals surface area contributed by atoms with Gasteiger partial charge in [0.2, 0.25) is 5.91 Å². The van der Waals surface area contributed by atoms with Gasteiger partial charge in [-0.3, -0.25) is 9.59 Å². The van der Waals surface area contributed by atoms with E-state index < -0.39 is 12.0 Å². The molecule has 1 atom stereocenters. The van der Waals surface area contributed by atoms with Gasteiger partial charge in [0.1, 0.15) is 18.5 Å². The van der Waals surface area contributed by atoms with Gasteiger partial charge in [-0.05, 0) is 53.5 Å². The Balaban J connectivity index is 2.02. The van der Waals surface area contributed by atoms with E-state index in [1.807, 2.05) is 13.8 Å². The number of carbonyl (C=O) groups is 2. The Hall–Kier alpha value is -2.68. The predicted octanol–water partition coefficient (Wildman–Crippen LogP) is 3.08. The van der Waals surface area contributed by atoms with Gasteiger partial charge in [-0.2, -0.15) is 0 Å². The monoisotopic (exact) mass is 450 g/mol. The summed E-state index contributed by atoms with van der Waals surface area (Å²) >= 11 is 3.31. The SMILES string of the molecule is COc1cc(C2Nc3ncc(Br)cc3C(=O)N2CC(=O)NC(C)C)ccc1F. The third kappa shape index (κ3) is 4.09. The van der Waals surface area contributed by atoms with Crippen molar-refractivity contribution in [2.24, 2.45) is 0 Å². The molecule has 1 aliphatic heterocycles. The highest BCUT2D eigenvalue weighted by atomic mass is 79.9. The van der Waals surface area contributed by atoms with Crippen LogP contribution in [0.3, 0.4) is 0 Å². The molecule has 2 amide bonds. The van der Waals surface area contributed by atoms with Crippen molar-refractivity contribution in [2.45, 2.75) is 26.1 Å². The van der Waals surface area contributed by atoms with E-state index in [9.17, 15) is 14.0 Å². The topological polar surface area (TPSA) is 83.6 Å². The lowest BCUT2D eigenvalue weighted by molar-refractivity contribution is -0.122. The standard InChI is InChI=1S/C19H20BrFN4O3/c1-10(2)23-16(26)9-25-18(11-4-5-14(21)15(6-11)28-3)24-17-13(19(25)27)7-12(20)8-22-17/h4-8,10,18H,9H2,1-3H3,(H,22,24)(H,23,26). The minimum absolute atomic E-state index is 0.0490. The third-order valence-corrected chi connectivity index (χ3v) is 4.62. The number of anilines is 1. The fraction of sp³-hybridized carbons (Fsp3) is 0.316. The van der Waals surface area contributed by atoms with Crippen LogP contribution in [0.1, 0.15) is 35.9 Å². The number of nitrogens with zero attached hydrogens (tertiary/aromatic N) is 2. The van der Waals surface area contributed by atoms with Crippen molar-refractivity contribution in [3.63, 3.8) is 0 Å². The van der Waals surface area contributed by atoms with Crippen molar-refractivity contribution >= 4 is 33.6 Å². The summed E-state index contributed by atoms with van der Waals surface area (Å²) in [5.74, 6) is -0.722. The van der Waals surface area contributed by atoms with Crippen molar-refractivity contribution in [2.75, 3.05) is 19.0 Å². The van der Waals surface area contributed by atoms with Crippen molar-refractivity contribution < 1.29 is 18.7 Å². The molecule has 0 bridgehead atoms. The Morgan fingerprint density at radius 1 is 1.43 bits per heavy atom. The van der Waals surface area contributed by atoms with Gasteiger partial charge in [-0.1, -0.05) is 6.07 Å². The summed E-state index contributed by atoms with van der Waals surface area (Å²) in [5, 5.41) is 5.95. The Kier molecular flexibility index (Phi) is 5.83. The van der Waals surface area contributed by atoms with Crippen molar-refractivity contribution in [1.29, 1.82) is 0 Å². The number of carbonyl (C=O) groups excluding carboxylic acids is 2. The molecule has 0 fully saturated rings. The Morgan fingerprint density at radius 2 is 2.18 bits per heavy atom. The van der Waals surface area contributed by atoms with E-state index in [2.05, 4.69) is 31.5 Å². The summed E-state index contributed by atoms with van der Waals surface area (Å²) in [7, 11) is 1.36. The van der Waals surface area contributed by atoms with Crippen LogP contribution in [0, 0.1) is 5.82 Å². The molecule has 148 valence electrons. The quantitative estimate of drug-likeness (QED) is 0.730. The number of methoxy groups -OCH3 is 1. The van der Waals surface area contributed by atoms with Crippen LogP contribution in [0.5, 0.6) is 5.75 Å². The van der Waals surface area contributed by atoms with E-state index in [0.29, 0.717) is 21.4 Å². The molecular weight excluding hydrogens is 431 g/mol. The molecule has 0 radical (unpaired) electrons. The van der Waals surface area contributed by atoms with Crippen LogP contribution < -0.4 is 15.4 Å². The molecule has 7 nitrogen and oxygen atoms in total. The molecule has 0 saturated carbocycles. The summed E-state index contributed by atoms with van der Waals surface area (Å²) in [6.07, 6.45) is 0.865. The zero-order valence-corrected chi connectivity index (χ0v) is 17.2. The predicted molar refractivity (Wildman–Crippen MR) is 106 cm³/mol. The average Bonchev–Trinajstić information content (AvgIpc) is 2.64. The molecule has 9 heteroatoms. The highest BCUT2D eigenvalue weighted by Crippen LogP contribution is 2.34. The van der Waals surface area contributed by atoms with E-state index in [-0.39, 0.29) is 30.2 Å². The van der Waals surface area contributed by atoms with Gasteiger partial charge in [0.15, 0.2) is 11.6 Å². The Morgan fingerprint density at radius 3 is 2.86 bits per heavy atom. The molecule has 0 aliphatic carbocycles. The smallest absolute Gasteiger partial charge is 0.260 e. The Labute approximate surface area is 170 Å². The molecule has 28 heavy (non-hydrogen) atoms. The largest absolute Gasteiger partial charge is 0.494 e. The highest BCUT2D eigenvalue weighted by Gasteiger charge is 2.35. The molecule has 0 spiro atoms. The fourth-order valence-corrected chi connectivity index (χ4v) is 3.32. The molecule has 2 aromatic rings. The van der Waals surface area contributed by atoms with Gasteiger partial charge >= 0.3 is 0 Å². The lowest BCUT2D eigenvalue weighted by atomic mass is 10.1. The second-order valence-electron chi connectivity index (χ2n) is 6.65. The van der Waals surface area contributed by atoms with Crippen molar-refractivity contribution in [3.8, 4) is 5.75 Å². The first kappa shape index (κ1) is 20.1. The lowest BCUT2D eigenvalue weighted by Gasteiger charge is -2.37. The van der Waals surface area contributed by atoms with Crippen LogP contribution in [0.25, 0.3) is 0 Å². The van der Waals surface area contributed by atoms with Crippen LogP contribution in [0.4, 0.5) is 10.2 Å². The molecule has 2 N–H and O–H groups in total. The maximum atomic E-state index is 13.8. The summed E-state index contributed by atoms with van der Waals surface area (Å²) < 4.78 is 19.5. The van der Waals surface area contributed by atoms with E-state index >= 15 is 0 Å². The normalized spacial score (nSPS) is 15.9. The number of benzene rings is 1. The van der Waals surface area contributed by atoms with Crippen LogP contribution in [0.15, 0.2) is 34.9 Å². The first-order valence-electron chi connectivity index (χ1n) is 8.66. The van der Waals surface area contributed by atoms with Crippen LogP contribution in [0.2, 0.25) is 0 Å². The molecule has 3 rings (SSSR count). The molecule has 2 heterocycles. The van der Waals surface area contributed by atoms with Crippen molar-refractivity contribution in [1.82, 2.24) is 15.2 Å². The maximum absolute atomic E-state index is 13.8. The van der Waals surface area contributed by atoms with Gasteiger partial charge in [-0.15, -0.1) is 0 Å². The number of hydrogen-bond acceptors (Lipinski definition) is 5. The van der Waals surface area contributed by atoms with E-state index in [0.717, 1.165) is 0 Å². The number of fused-ring (bicyclic) bond motifs is 1. The minimum Gasteiger partial charge on any atom is -0.494 e. The summed E-state index contributed by atoms with van der Waals surface area (Å²) in [5.41, 5.74) is 0.913. The first-order valence-corrected chi connectivity index (χ1v) is 9.45.